The van der Waals surface area contributed by atoms with E-state index in [9.17, 15) is 0 Å². The Hall–Kier alpha value is -1.42. The summed E-state index contributed by atoms with van der Waals surface area (Å²) >= 11 is 0. The van der Waals surface area contributed by atoms with Crippen LogP contribution in [-0.2, 0) is 0 Å². The van der Waals surface area contributed by atoms with Crippen molar-refractivity contribution in [3.8, 4) is 17.2 Å². The number of unbranched alkanes of at least 4 members (excludes halogenated alkanes) is 3. The lowest BCUT2D eigenvalue weighted by Gasteiger charge is -2.21. The predicted molar refractivity (Wildman–Crippen MR) is 86.7 cm³/mol. The summed E-state index contributed by atoms with van der Waals surface area (Å²) in [4.78, 5) is 0. The van der Waals surface area contributed by atoms with Crippen LogP contribution in [0.15, 0.2) is 12.1 Å². The van der Waals surface area contributed by atoms with Crippen molar-refractivity contribution in [3.05, 3.63) is 17.7 Å². The van der Waals surface area contributed by atoms with E-state index in [2.05, 4.69) is 12.2 Å². The molecule has 4 heteroatoms. The molecule has 1 atom stereocenters. The first kappa shape index (κ1) is 17.6. The highest BCUT2D eigenvalue weighted by Gasteiger charge is 2.18. The van der Waals surface area contributed by atoms with Crippen LogP contribution in [0.1, 0.15) is 50.6 Å². The van der Waals surface area contributed by atoms with Crippen LogP contribution in [0.3, 0.4) is 0 Å². The van der Waals surface area contributed by atoms with Gasteiger partial charge in [-0.25, -0.2) is 0 Å². The van der Waals surface area contributed by atoms with Crippen LogP contribution in [0.25, 0.3) is 0 Å². The van der Waals surface area contributed by atoms with Gasteiger partial charge in [-0.2, -0.15) is 0 Å². The van der Waals surface area contributed by atoms with E-state index in [1.54, 1.807) is 21.3 Å². The van der Waals surface area contributed by atoms with Gasteiger partial charge in [-0.3, -0.25) is 0 Å². The zero-order valence-electron chi connectivity index (χ0n) is 14.0. The van der Waals surface area contributed by atoms with E-state index < -0.39 is 0 Å². The molecular formula is C17H29NO3. The van der Waals surface area contributed by atoms with Crippen molar-refractivity contribution in [2.75, 3.05) is 28.4 Å². The highest BCUT2D eigenvalue weighted by atomic mass is 16.5. The van der Waals surface area contributed by atoms with Crippen molar-refractivity contribution in [1.82, 2.24) is 5.32 Å². The third-order valence-electron chi connectivity index (χ3n) is 3.81. The topological polar surface area (TPSA) is 39.7 Å². The van der Waals surface area contributed by atoms with Crippen LogP contribution < -0.4 is 19.5 Å². The maximum atomic E-state index is 5.52. The fraction of sp³-hybridized carbons (Fsp3) is 0.647. The lowest BCUT2D eigenvalue weighted by molar-refractivity contribution is 0.344. The minimum absolute atomic E-state index is 0.261. The Kier molecular flexibility index (Phi) is 7.98. The van der Waals surface area contributed by atoms with E-state index in [4.69, 9.17) is 14.2 Å². The molecule has 0 bridgehead atoms. The molecule has 21 heavy (non-hydrogen) atoms. The van der Waals surface area contributed by atoms with E-state index in [0.717, 1.165) is 23.5 Å². The fourth-order valence-electron chi connectivity index (χ4n) is 2.56. The van der Waals surface area contributed by atoms with Crippen LogP contribution in [0, 0.1) is 0 Å². The van der Waals surface area contributed by atoms with E-state index in [0.29, 0.717) is 5.75 Å². The molecule has 0 saturated carbocycles. The number of rotatable bonds is 10. The van der Waals surface area contributed by atoms with Gasteiger partial charge in [-0.15, -0.1) is 0 Å². The Labute approximate surface area is 128 Å². The lowest BCUT2D eigenvalue weighted by atomic mass is 9.98. The summed E-state index contributed by atoms with van der Waals surface area (Å²) in [5.74, 6) is 2.27. The molecule has 0 aliphatic carbocycles. The van der Waals surface area contributed by atoms with E-state index in [1.807, 2.05) is 19.2 Å². The van der Waals surface area contributed by atoms with E-state index in [-0.39, 0.29) is 6.04 Å². The number of ether oxygens (including phenoxy) is 3. The largest absolute Gasteiger partial charge is 0.496 e. The molecule has 0 amide bonds. The molecule has 0 aromatic heterocycles. The normalized spacial score (nSPS) is 12.0. The van der Waals surface area contributed by atoms with Crippen molar-refractivity contribution < 1.29 is 14.2 Å². The van der Waals surface area contributed by atoms with E-state index in [1.165, 1.54) is 25.7 Å². The Balaban J connectivity index is 2.95. The molecule has 4 nitrogen and oxygen atoms in total. The molecule has 1 rings (SSSR count). The molecule has 0 heterocycles. The van der Waals surface area contributed by atoms with Crippen LogP contribution in [-0.4, -0.2) is 28.4 Å². The SMILES string of the molecule is CCCCCCC(NC)c1cc(OC)c(OC)cc1OC. The summed E-state index contributed by atoms with van der Waals surface area (Å²) in [5.41, 5.74) is 1.12. The summed E-state index contributed by atoms with van der Waals surface area (Å²) in [5, 5.41) is 3.38. The van der Waals surface area contributed by atoms with Gasteiger partial charge in [0, 0.05) is 17.7 Å². The number of benzene rings is 1. The lowest BCUT2D eigenvalue weighted by Crippen LogP contribution is -2.17. The quantitative estimate of drug-likeness (QED) is 0.664. The van der Waals surface area contributed by atoms with Gasteiger partial charge in [0.15, 0.2) is 11.5 Å². The number of hydrogen-bond acceptors (Lipinski definition) is 4. The molecule has 120 valence electrons. The smallest absolute Gasteiger partial charge is 0.164 e. The number of methoxy groups -OCH3 is 3. The van der Waals surface area contributed by atoms with Crippen molar-refractivity contribution in [2.45, 2.75) is 45.1 Å². The van der Waals surface area contributed by atoms with Crippen molar-refractivity contribution in [3.63, 3.8) is 0 Å². The summed E-state index contributed by atoms with van der Waals surface area (Å²) < 4.78 is 16.3. The van der Waals surface area contributed by atoms with Gasteiger partial charge in [-0.05, 0) is 19.5 Å². The zero-order chi connectivity index (χ0) is 15.7. The summed E-state index contributed by atoms with van der Waals surface area (Å²) in [6.07, 6.45) is 6.10. The molecule has 0 saturated heterocycles. The molecule has 1 aromatic carbocycles. The average Bonchev–Trinajstić information content (AvgIpc) is 2.53. The van der Waals surface area contributed by atoms with Gasteiger partial charge in [0.1, 0.15) is 5.75 Å². The number of hydrogen-bond donors (Lipinski definition) is 1. The minimum atomic E-state index is 0.261. The van der Waals surface area contributed by atoms with Crippen LogP contribution >= 0.6 is 0 Å². The van der Waals surface area contributed by atoms with Gasteiger partial charge in [0.25, 0.3) is 0 Å². The highest BCUT2D eigenvalue weighted by molar-refractivity contribution is 5.51. The average molecular weight is 295 g/mol. The molecule has 0 aliphatic heterocycles. The van der Waals surface area contributed by atoms with E-state index >= 15 is 0 Å². The summed E-state index contributed by atoms with van der Waals surface area (Å²) in [7, 11) is 6.97. The van der Waals surface area contributed by atoms with Gasteiger partial charge < -0.3 is 19.5 Å². The third-order valence-corrected chi connectivity index (χ3v) is 3.81. The molecule has 0 radical (unpaired) electrons. The van der Waals surface area contributed by atoms with Crippen LogP contribution in [0.5, 0.6) is 17.2 Å². The van der Waals surface area contributed by atoms with Gasteiger partial charge in [0.2, 0.25) is 0 Å². The first-order chi connectivity index (χ1) is 10.2. The minimum Gasteiger partial charge on any atom is -0.496 e. The summed E-state index contributed by atoms with van der Waals surface area (Å²) in [6.45, 7) is 2.23. The Morgan fingerprint density at radius 1 is 0.905 bits per heavy atom. The maximum Gasteiger partial charge on any atom is 0.164 e. The monoisotopic (exact) mass is 295 g/mol. The van der Waals surface area contributed by atoms with Crippen molar-refractivity contribution >= 4 is 0 Å². The molecule has 0 fully saturated rings. The highest BCUT2D eigenvalue weighted by Crippen LogP contribution is 2.38. The molecule has 1 unspecified atom stereocenters. The van der Waals surface area contributed by atoms with Gasteiger partial charge >= 0.3 is 0 Å². The first-order valence-corrected chi connectivity index (χ1v) is 7.68. The second kappa shape index (κ2) is 9.50. The fourth-order valence-corrected chi connectivity index (χ4v) is 2.56. The number of nitrogens with one attached hydrogen (secondary N) is 1. The van der Waals surface area contributed by atoms with Crippen molar-refractivity contribution in [2.24, 2.45) is 0 Å². The molecule has 0 aliphatic rings. The molecular weight excluding hydrogens is 266 g/mol. The standard InChI is InChI=1S/C17H29NO3/c1-6-7-8-9-10-14(18-2)13-11-16(20-4)17(21-5)12-15(13)19-3/h11-12,14,18H,6-10H2,1-5H3. The Morgan fingerprint density at radius 2 is 1.52 bits per heavy atom. The second-order valence-electron chi connectivity index (χ2n) is 5.14. The first-order valence-electron chi connectivity index (χ1n) is 7.68. The van der Waals surface area contributed by atoms with Crippen LogP contribution in [0.4, 0.5) is 0 Å². The predicted octanol–water partition coefficient (Wildman–Crippen LogP) is 3.94. The summed E-state index contributed by atoms with van der Waals surface area (Å²) in [6, 6.07) is 4.17. The molecule has 0 spiro atoms. The van der Waals surface area contributed by atoms with Gasteiger partial charge in [0.05, 0.1) is 21.3 Å². The third kappa shape index (κ3) is 4.81. The zero-order valence-corrected chi connectivity index (χ0v) is 14.0. The second-order valence-corrected chi connectivity index (χ2v) is 5.14. The van der Waals surface area contributed by atoms with Crippen LogP contribution in [0.2, 0.25) is 0 Å². The maximum absolute atomic E-state index is 5.52. The molecule has 1 N–H and O–H groups in total. The molecule has 1 aromatic rings. The Bertz CT molecular complexity index is 421. The Morgan fingerprint density at radius 3 is 2.05 bits per heavy atom. The van der Waals surface area contributed by atoms with Gasteiger partial charge in [-0.1, -0.05) is 32.6 Å². The van der Waals surface area contributed by atoms with Crippen molar-refractivity contribution in [1.29, 1.82) is 0 Å².